The van der Waals surface area contributed by atoms with Gasteiger partial charge in [-0.15, -0.1) is 0 Å². The average Bonchev–Trinajstić information content (AvgIpc) is 3.71. The normalized spacial score (nSPS) is 20.9. The van der Waals surface area contributed by atoms with E-state index in [1.54, 1.807) is 0 Å². The topological polar surface area (TPSA) is 108 Å². The molecule has 212 valence electrons. The Morgan fingerprint density at radius 2 is 1.49 bits per heavy atom. The number of rotatable bonds is 9. The Labute approximate surface area is 239 Å². The molecule has 1 saturated heterocycles. The highest BCUT2D eigenvalue weighted by atomic mass is 16.5. The molecule has 0 radical (unpaired) electrons. The van der Waals surface area contributed by atoms with Gasteiger partial charge in [0, 0.05) is 38.0 Å². The van der Waals surface area contributed by atoms with E-state index in [1.807, 2.05) is 42.5 Å². The minimum atomic E-state index is -1.25. The minimum Gasteiger partial charge on any atom is -0.480 e. The summed E-state index contributed by atoms with van der Waals surface area (Å²) in [6.45, 7) is 2.51. The molecular formula is C33H35N3O5. The van der Waals surface area contributed by atoms with Crippen LogP contribution in [0.25, 0.3) is 11.1 Å². The molecule has 2 fully saturated rings. The molecule has 1 aliphatic heterocycles. The van der Waals surface area contributed by atoms with E-state index in [0.717, 1.165) is 17.7 Å². The molecule has 0 aromatic heterocycles. The molecule has 3 N–H and O–H groups in total. The van der Waals surface area contributed by atoms with Crippen LogP contribution in [0.2, 0.25) is 0 Å². The van der Waals surface area contributed by atoms with E-state index in [4.69, 9.17) is 4.74 Å². The first-order chi connectivity index (χ1) is 19.9. The maximum absolute atomic E-state index is 13.0. The van der Waals surface area contributed by atoms with Crippen molar-refractivity contribution in [3.05, 3.63) is 95.6 Å². The lowest BCUT2D eigenvalue weighted by Gasteiger charge is -2.39. The first kappa shape index (κ1) is 27.0. The Morgan fingerprint density at radius 1 is 0.878 bits per heavy atom. The summed E-state index contributed by atoms with van der Waals surface area (Å²) in [6, 6.07) is 26.4. The molecule has 41 heavy (non-hydrogen) atoms. The zero-order valence-electron chi connectivity index (χ0n) is 22.9. The number of piperidine rings is 1. The van der Waals surface area contributed by atoms with Gasteiger partial charge in [-0.1, -0.05) is 78.9 Å². The number of benzene rings is 3. The van der Waals surface area contributed by atoms with Gasteiger partial charge in [0.1, 0.15) is 12.1 Å². The highest BCUT2D eigenvalue weighted by molar-refractivity contribution is 5.89. The van der Waals surface area contributed by atoms with E-state index in [9.17, 15) is 19.5 Å². The summed E-state index contributed by atoms with van der Waals surface area (Å²) in [5.41, 5.74) is 4.58. The molecule has 3 aromatic carbocycles. The summed E-state index contributed by atoms with van der Waals surface area (Å²) in [5.74, 6) is -1.58. The number of alkyl carbamates (subject to hydrolysis) is 1. The molecule has 8 heteroatoms. The summed E-state index contributed by atoms with van der Waals surface area (Å²) in [5, 5.41) is 15.7. The van der Waals surface area contributed by atoms with Crippen molar-refractivity contribution in [2.24, 2.45) is 11.8 Å². The van der Waals surface area contributed by atoms with Crippen LogP contribution in [0.4, 0.5) is 4.79 Å². The molecule has 0 spiro atoms. The summed E-state index contributed by atoms with van der Waals surface area (Å²) in [7, 11) is 0. The van der Waals surface area contributed by atoms with Crippen molar-refractivity contribution in [1.29, 1.82) is 0 Å². The van der Waals surface area contributed by atoms with Crippen LogP contribution in [0.15, 0.2) is 78.9 Å². The number of ether oxygens (including phenoxy) is 1. The van der Waals surface area contributed by atoms with Crippen LogP contribution in [-0.2, 0) is 20.9 Å². The standard InChI is InChI=1S/C33H35N3O5/c37-30(35-33(31(38)39)14-16-36(17-15-33)20-22-8-2-1-3-9-22)28-18-23(28)19-34-32(40)41-21-29-26-12-6-4-10-24(26)25-11-5-7-13-27(25)29/h1-13,23,28-29H,14-21H2,(H,34,40)(H,35,37)(H,38,39)/t23-,28-/m1/s1. The van der Waals surface area contributed by atoms with Gasteiger partial charge in [-0.05, 0) is 53.0 Å². The van der Waals surface area contributed by atoms with Gasteiger partial charge in [-0.2, -0.15) is 0 Å². The van der Waals surface area contributed by atoms with Crippen molar-refractivity contribution in [3.63, 3.8) is 0 Å². The van der Waals surface area contributed by atoms with Crippen LogP contribution in [0.1, 0.15) is 41.9 Å². The number of nitrogens with one attached hydrogen (secondary N) is 2. The van der Waals surface area contributed by atoms with E-state index in [1.165, 1.54) is 16.7 Å². The maximum atomic E-state index is 13.0. The summed E-state index contributed by atoms with van der Waals surface area (Å²) in [6.07, 6.45) is 0.823. The first-order valence-electron chi connectivity index (χ1n) is 14.3. The number of carbonyl (C=O) groups is 3. The third-order valence-electron chi connectivity index (χ3n) is 8.84. The fourth-order valence-electron chi connectivity index (χ4n) is 6.31. The van der Waals surface area contributed by atoms with E-state index in [-0.39, 0.29) is 30.3 Å². The summed E-state index contributed by atoms with van der Waals surface area (Å²) >= 11 is 0. The zero-order valence-corrected chi connectivity index (χ0v) is 22.9. The Morgan fingerprint density at radius 3 is 2.12 bits per heavy atom. The second kappa shape index (κ2) is 11.4. The van der Waals surface area contributed by atoms with Gasteiger partial charge in [-0.3, -0.25) is 9.69 Å². The van der Waals surface area contributed by atoms with Gasteiger partial charge in [0.2, 0.25) is 5.91 Å². The van der Waals surface area contributed by atoms with E-state index in [2.05, 4.69) is 51.9 Å². The van der Waals surface area contributed by atoms with Gasteiger partial charge in [0.05, 0.1) is 0 Å². The van der Waals surface area contributed by atoms with Crippen LogP contribution in [-0.4, -0.2) is 59.8 Å². The number of hydrogen-bond donors (Lipinski definition) is 3. The van der Waals surface area contributed by atoms with Gasteiger partial charge >= 0.3 is 12.1 Å². The number of amides is 2. The quantitative estimate of drug-likeness (QED) is 0.363. The van der Waals surface area contributed by atoms with Crippen molar-refractivity contribution in [3.8, 4) is 11.1 Å². The van der Waals surface area contributed by atoms with Gasteiger partial charge in [0.25, 0.3) is 0 Å². The zero-order chi connectivity index (χ0) is 28.4. The number of fused-ring (bicyclic) bond motifs is 3. The van der Waals surface area contributed by atoms with Crippen molar-refractivity contribution >= 4 is 18.0 Å². The molecule has 6 rings (SSSR count). The minimum absolute atomic E-state index is 0.0149. The molecule has 0 bridgehead atoms. The molecule has 1 heterocycles. The molecule has 2 atom stereocenters. The molecule has 3 aromatic rings. The molecule has 2 aliphatic carbocycles. The fraction of sp³-hybridized carbons (Fsp3) is 0.364. The van der Waals surface area contributed by atoms with Gasteiger partial charge in [0.15, 0.2) is 0 Å². The highest BCUT2D eigenvalue weighted by Gasteiger charge is 2.49. The number of aliphatic carboxylic acids is 1. The van der Waals surface area contributed by atoms with Crippen LogP contribution < -0.4 is 10.6 Å². The smallest absolute Gasteiger partial charge is 0.407 e. The first-order valence-corrected chi connectivity index (χ1v) is 14.3. The Balaban J connectivity index is 0.962. The third-order valence-corrected chi connectivity index (χ3v) is 8.84. The molecule has 8 nitrogen and oxygen atoms in total. The Hall–Kier alpha value is -4.17. The predicted octanol–water partition coefficient (Wildman–Crippen LogP) is 4.40. The average molecular weight is 554 g/mol. The number of nitrogens with zero attached hydrogens (tertiary/aromatic N) is 1. The van der Waals surface area contributed by atoms with Crippen molar-refractivity contribution in [2.45, 2.75) is 37.3 Å². The molecule has 2 amide bonds. The van der Waals surface area contributed by atoms with Crippen molar-refractivity contribution in [1.82, 2.24) is 15.5 Å². The summed E-state index contributed by atoms with van der Waals surface area (Å²) in [4.78, 5) is 40.0. The molecule has 0 unspecified atom stereocenters. The van der Waals surface area contributed by atoms with Crippen LogP contribution in [0, 0.1) is 11.8 Å². The molecule has 3 aliphatic rings. The van der Waals surface area contributed by atoms with Crippen molar-refractivity contribution < 1.29 is 24.2 Å². The van der Waals surface area contributed by atoms with E-state index < -0.39 is 17.6 Å². The number of carbonyl (C=O) groups excluding carboxylic acids is 2. The molecular weight excluding hydrogens is 518 g/mol. The van der Waals surface area contributed by atoms with Gasteiger partial charge < -0.3 is 20.5 Å². The largest absolute Gasteiger partial charge is 0.480 e. The second-order valence-electron chi connectivity index (χ2n) is 11.4. The number of carboxylic acids is 1. The van der Waals surface area contributed by atoms with Crippen LogP contribution >= 0.6 is 0 Å². The predicted molar refractivity (Wildman–Crippen MR) is 154 cm³/mol. The number of carboxylic acid groups (broad SMARTS) is 1. The number of hydrogen-bond acceptors (Lipinski definition) is 5. The van der Waals surface area contributed by atoms with Gasteiger partial charge in [-0.25, -0.2) is 9.59 Å². The lowest BCUT2D eigenvalue weighted by Crippen LogP contribution is -2.60. The van der Waals surface area contributed by atoms with E-state index >= 15 is 0 Å². The van der Waals surface area contributed by atoms with Crippen LogP contribution in [0.5, 0.6) is 0 Å². The monoisotopic (exact) mass is 553 g/mol. The highest BCUT2D eigenvalue weighted by Crippen LogP contribution is 2.44. The second-order valence-corrected chi connectivity index (χ2v) is 11.4. The van der Waals surface area contributed by atoms with Crippen molar-refractivity contribution in [2.75, 3.05) is 26.2 Å². The number of likely N-dealkylation sites (tertiary alicyclic amines) is 1. The maximum Gasteiger partial charge on any atom is 0.407 e. The Bertz CT molecular complexity index is 1390. The Kier molecular flexibility index (Phi) is 7.49. The lowest BCUT2D eigenvalue weighted by molar-refractivity contribution is -0.150. The fourth-order valence-corrected chi connectivity index (χ4v) is 6.31. The van der Waals surface area contributed by atoms with E-state index in [0.29, 0.717) is 38.9 Å². The lowest BCUT2D eigenvalue weighted by atomic mass is 9.87. The molecule has 1 saturated carbocycles. The third kappa shape index (κ3) is 5.70. The SMILES string of the molecule is O=C(NC[C@H]1C[C@H]1C(=O)NC1(C(=O)O)CCN(Cc2ccccc2)CC1)OCC1c2ccccc2-c2ccccc21. The summed E-state index contributed by atoms with van der Waals surface area (Å²) < 4.78 is 5.60. The van der Waals surface area contributed by atoms with Crippen LogP contribution in [0.3, 0.4) is 0 Å².